The Kier molecular flexibility index (Phi) is 7.41. The normalized spacial score (nSPS) is 14.3. The summed E-state index contributed by atoms with van der Waals surface area (Å²) in [4.78, 5) is 27.7. The number of carbonyl (C=O) groups excluding carboxylic acids is 1. The van der Waals surface area contributed by atoms with Crippen LogP contribution in [0.2, 0.25) is 5.02 Å². The van der Waals surface area contributed by atoms with Gasteiger partial charge in [-0.3, -0.25) is 9.59 Å². The number of benzene rings is 1. The lowest BCUT2D eigenvalue weighted by molar-refractivity contribution is -0.120. The molecule has 1 aliphatic rings. The molecule has 1 fully saturated rings. The molecule has 3 N–H and O–H groups in total. The number of nitrogens with two attached hydrogens (primary N) is 1. The van der Waals surface area contributed by atoms with Gasteiger partial charge in [0.2, 0.25) is 5.91 Å². The van der Waals surface area contributed by atoms with Crippen LogP contribution in [-0.4, -0.2) is 40.2 Å². The van der Waals surface area contributed by atoms with Gasteiger partial charge in [-0.25, -0.2) is 4.68 Å². The minimum Gasteiger partial charge on any atom is -0.352 e. The van der Waals surface area contributed by atoms with Gasteiger partial charge in [0.25, 0.3) is 5.56 Å². The monoisotopic (exact) mass is 417 g/mol. The molecule has 1 aromatic heterocycles. The molecule has 29 heavy (non-hydrogen) atoms. The first-order valence-corrected chi connectivity index (χ1v) is 10.4. The van der Waals surface area contributed by atoms with Crippen LogP contribution in [0, 0.1) is 6.92 Å². The summed E-state index contributed by atoms with van der Waals surface area (Å²) >= 11 is 6.05. The third kappa shape index (κ3) is 5.65. The number of nitrogens with zero attached hydrogens (tertiary/aromatic N) is 3. The maximum Gasteiger partial charge on any atom is 0.270 e. The second-order valence-electron chi connectivity index (χ2n) is 7.45. The molecule has 0 spiro atoms. The number of amides is 1. The predicted octanol–water partition coefficient (Wildman–Crippen LogP) is 1.62. The Bertz CT molecular complexity index is 922. The molecular formula is C21H28ClN5O2. The quantitative estimate of drug-likeness (QED) is 0.680. The maximum atomic E-state index is 12.8. The van der Waals surface area contributed by atoms with Crippen molar-refractivity contribution < 1.29 is 4.79 Å². The van der Waals surface area contributed by atoms with E-state index in [2.05, 4.69) is 15.3 Å². The van der Waals surface area contributed by atoms with Gasteiger partial charge in [0.1, 0.15) is 0 Å². The summed E-state index contributed by atoms with van der Waals surface area (Å²) in [6.45, 7) is 5.99. The molecule has 1 aliphatic heterocycles. The molecule has 7 nitrogen and oxygen atoms in total. The second kappa shape index (κ2) is 10.0. The van der Waals surface area contributed by atoms with E-state index in [1.165, 1.54) is 17.5 Å². The Labute approximate surface area is 175 Å². The van der Waals surface area contributed by atoms with Crippen LogP contribution >= 0.6 is 11.6 Å². The highest BCUT2D eigenvalue weighted by Crippen LogP contribution is 2.16. The van der Waals surface area contributed by atoms with Gasteiger partial charge in [-0.1, -0.05) is 17.7 Å². The van der Waals surface area contributed by atoms with Crippen molar-refractivity contribution in [1.29, 1.82) is 0 Å². The van der Waals surface area contributed by atoms with Gasteiger partial charge in [-0.2, -0.15) is 5.10 Å². The number of likely N-dealkylation sites (tertiary alicyclic amines) is 1. The largest absolute Gasteiger partial charge is 0.352 e. The molecule has 2 aromatic rings. The lowest BCUT2D eigenvalue weighted by Gasteiger charge is -2.16. The van der Waals surface area contributed by atoms with E-state index in [9.17, 15) is 9.59 Å². The smallest absolute Gasteiger partial charge is 0.270 e. The highest BCUT2D eigenvalue weighted by Gasteiger charge is 2.15. The Morgan fingerprint density at radius 2 is 2.00 bits per heavy atom. The number of carbonyl (C=O) groups is 1. The summed E-state index contributed by atoms with van der Waals surface area (Å²) < 4.78 is 1.47. The molecule has 8 heteroatoms. The maximum absolute atomic E-state index is 12.8. The third-order valence-electron chi connectivity index (χ3n) is 5.39. The molecule has 2 heterocycles. The first-order valence-electron chi connectivity index (χ1n) is 10.00. The van der Waals surface area contributed by atoms with E-state index >= 15 is 0 Å². The van der Waals surface area contributed by atoms with Gasteiger partial charge in [0.05, 0.1) is 19.2 Å². The van der Waals surface area contributed by atoms with Gasteiger partial charge in [0, 0.05) is 30.2 Å². The van der Waals surface area contributed by atoms with Crippen molar-refractivity contribution in [2.24, 2.45) is 5.73 Å². The Morgan fingerprint density at radius 3 is 2.72 bits per heavy atom. The number of nitrogens with one attached hydrogen (secondary N) is 1. The number of aryl methyl sites for hydroxylation is 1. The molecule has 1 saturated heterocycles. The van der Waals surface area contributed by atoms with Crippen LogP contribution in [0.4, 0.5) is 0 Å². The van der Waals surface area contributed by atoms with E-state index in [0.717, 1.165) is 36.3 Å². The van der Waals surface area contributed by atoms with Gasteiger partial charge >= 0.3 is 0 Å². The van der Waals surface area contributed by atoms with E-state index in [-0.39, 0.29) is 17.9 Å². The standard InChI is InChI=1S/C21H28ClN5O2/c1-15-13-25-27(9-8-26-6-2-3-7-26)21(29)19(15)11-20(28)24-14-17-10-18(22)5-4-16(17)12-23/h4-5,10,13H,2-3,6-9,11-12,14,23H2,1H3,(H,24,28). The van der Waals surface area contributed by atoms with Crippen molar-refractivity contribution in [1.82, 2.24) is 20.0 Å². The fourth-order valence-electron chi connectivity index (χ4n) is 3.60. The fourth-order valence-corrected chi connectivity index (χ4v) is 3.80. The molecule has 0 aliphatic carbocycles. The van der Waals surface area contributed by atoms with Crippen LogP contribution in [0.1, 0.15) is 35.1 Å². The van der Waals surface area contributed by atoms with Gasteiger partial charge in [-0.05, 0) is 61.7 Å². The van der Waals surface area contributed by atoms with Crippen molar-refractivity contribution >= 4 is 17.5 Å². The molecule has 0 bridgehead atoms. The van der Waals surface area contributed by atoms with Gasteiger partial charge in [-0.15, -0.1) is 0 Å². The summed E-state index contributed by atoms with van der Waals surface area (Å²) in [5.74, 6) is -0.217. The van der Waals surface area contributed by atoms with Gasteiger partial charge in [0.15, 0.2) is 0 Å². The van der Waals surface area contributed by atoms with E-state index in [4.69, 9.17) is 17.3 Å². The van der Waals surface area contributed by atoms with Crippen LogP contribution in [0.5, 0.6) is 0 Å². The highest BCUT2D eigenvalue weighted by atomic mass is 35.5. The van der Waals surface area contributed by atoms with Crippen LogP contribution < -0.4 is 16.6 Å². The molecule has 156 valence electrons. The first-order chi connectivity index (χ1) is 14.0. The summed E-state index contributed by atoms with van der Waals surface area (Å²) in [6.07, 6.45) is 4.10. The van der Waals surface area contributed by atoms with E-state index < -0.39 is 0 Å². The zero-order valence-electron chi connectivity index (χ0n) is 16.8. The summed E-state index contributed by atoms with van der Waals surface area (Å²) in [5.41, 5.74) is 8.59. The van der Waals surface area contributed by atoms with Crippen LogP contribution in [-0.2, 0) is 30.8 Å². The Hall–Kier alpha value is -2.22. The van der Waals surface area contributed by atoms with E-state index in [0.29, 0.717) is 30.2 Å². The van der Waals surface area contributed by atoms with Gasteiger partial charge < -0.3 is 16.0 Å². The Morgan fingerprint density at radius 1 is 1.24 bits per heavy atom. The van der Waals surface area contributed by atoms with Crippen molar-refractivity contribution in [3.05, 3.63) is 62.0 Å². The fraction of sp³-hybridized carbons (Fsp3) is 0.476. The average molecular weight is 418 g/mol. The molecule has 0 saturated carbocycles. The molecule has 0 radical (unpaired) electrons. The SMILES string of the molecule is Cc1cnn(CCN2CCCC2)c(=O)c1CC(=O)NCc1cc(Cl)ccc1CN. The number of rotatable bonds is 8. The van der Waals surface area contributed by atoms with Crippen LogP contribution in [0.25, 0.3) is 0 Å². The van der Waals surface area contributed by atoms with E-state index in [1.54, 1.807) is 18.3 Å². The highest BCUT2D eigenvalue weighted by molar-refractivity contribution is 6.30. The zero-order valence-corrected chi connectivity index (χ0v) is 17.5. The predicted molar refractivity (Wildman–Crippen MR) is 114 cm³/mol. The second-order valence-corrected chi connectivity index (χ2v) is 7.89. The van der Waals surface area contributed by atoms with Crippen molar-refractivity contribution in [3.63, 3.8) is 0 Å². The molecular weight excluding hydrogens is 390 g/mol. The summed E-state index contributed by atoms with van der Waals surface area (Å²) in [6, 6.07) is 5.43. The molecule has 1 amide bonds. The minimum atomic E-state index is -0.217. The first kappa shape index (κ1) is 21.5. The molecule has 0 atom stereocenters. The van der Waals surface area contributed by atoms with Crippen LogP contribution in [0.3, 0.4) is 0 Å². The molecule has 1 aromatic carbocycles. The topological polar surface area (TPSA) is 93.2 Å². The third-order valence-corrected chi connectivity index (χ3v) is 5.62. The summed E-state index contributed by atoms with van der Waals surface area (Å²) in [7, 11) is 0. The van der Waals surface area contributed by atoms with Crippen molar-refractivity contribution in [2.45, 2.75) is 45.8 Å². The molecule has 0 unspecified atom stereocenters. The Balaban J connectivity index is 1.64. The van der Waals surface area contributed by atoms with Crippen molar-refractivity contribution in [3.8, 4) is 0 Å². The zero-order chi connectivity index (χ0) is 20.8. The van der Waals surface area contributed by atoms with Crippen LogP contribution in [0.15, 0.2) is 29.2 Å². The van der Waals surface area contributed by atoms with E-state index in [1.807, 2.05) is 13.0 Å². The number of halogens is 1. The number of hydrogen-bond acceptors (Lipinski definition) is 5. The lowest BCUT2D eigenvalue weighted by Crippen LogP contribution is -2.35. The number of hydrogen-bond donors (Lipinski definition) is 2. The number of aromatic nitrogens is 2. The molecule has 3 rings (SSSR count). The summed E-state index contributed by atoms with van der Waals surface area (Å²) in [5, 5.41) is 7.71. The minimum absolute atomic E-state index is 0.0232. The average Bonchev–Trinajstić information content (AvgIpc) is 3.22. The lowest BCUT2D eigenvalue weighted by atomic mass is 10.1. The van der Waals surface area contributed by atoms with Crippen molar-refractivity contribution in [2.75, 3.05) is 19.6 Å².